The fourth-order valence-electron chi connectivity index (χ4n) is 3.43. The van der Waals surface area contributed by atoms with E-state index in [4.69, 9.17) is 0 Å². The van der Waals surface area contributed by atoms with Crippen molar-refractivity contribution >= 4 is 22.9 Å². The molecule has 0 saturated carbocycles. The summed E-state index contributed by atoms with van der Waals surface area (Å²) < 4.78 is 0. The molecule has 0 aliphatic carbocycles. The van der Waals surface area contributed by atoms with E-state index in [-0.39, 0.29) is 5.91 Å². The number of piperazine rings is 1. The van der Waals surface area contributed by atoms with Crippen LogP contribution in [-0.4, -0.2) is 61.7 Å². The van der Waals surface area contributed by atoms with Crippen molar-refractivity contribution in [3.05, 3.63) is 60.2 Å². The van der Waals surface area contributed by atoms with Crippen molar-refractivity contribution in [3.8, 4) is 0 Å². The van der Waals surface area contributed by atoms with Crippen LogP contribution in [0.1, 0.15) is 11.1 Å². The highest BCUT2D eigenvalue weighted by molar-refractivity contribution is 6.02. The molecule has 1 heterocycles. The molecule has 1 amide bonds. The Labute approximate surface area is 149 Å². The molecule has 4 nitrogen and oxygen atoms in total. The number of amides is 1. The van der Waals surface area contributed by atoms with E-state index in [9.17, 15) is 4.79 Å². The van der Waals surface area contributed by atoms with Crippen LogP contribution in [-0.2, 0) is 11.2 Å². The topological polar surface area (TPSA) is 35.9 Å². The molecule has 1 aliphatic rings. The third-order valence-electron chi connectivity index (χ3n) is 4.77. The van der Waals surface area contributed by atoms with Crippen LogP contribution in [0.2, 0.25) is 0 Å². The summed E-state index contributed by atoms with van der Waals surface area (Å²) in [5, 5.41) is 2.28. The van der Waals surface area contributed by atoms with Crippen molar-refractivity contribution in [3.63, 3.8) is 0 Å². The zero-order chi connectivity index (χ0) is 17.6. The molecule has 2 aromatic rings. The van der Waals surface area contributed by atoms with Crippen molar-refractivity contribution in [2.45, 2.75) is 6.42 Å². The molecule has 1 fully saturated rings. The van der Waals surface area contributed by atoms with E-state index in [1.165, 1.54) is 0 Å². The van der Waals surface area contributed by atoms with Gasteiger partial charge in [0.25, 0.3) is 0 Å². The van der Waals surface area contributed by atoms with E-state index in [2.05, 4.69) is 40.7 Å². The fourth-order valence-corrected chi connectivity index (χ4v) is 3.43. The number of fused-ring (bicyclic) bond motifs is 1. The normalized spacial score (nSPS) is 15.8. The second-order valence-corrected chi connectivity index (χ2v) is 6.39. The first-order valence-electron chi connectivity index (χ1n) is 8.76. The van der Waals surface area contributed by atoms with Gasteiger partial charge in [0.05, 0.1) is 6.42 Å². The van der Waals surface area contributed by atoms with Gasteiger partial charge in [-0.15, -0.1) is 6.58 Å². The lowest BCUT2D eigenvalue weighted by molar-refractivity contribution is -0.132. The molecular formula is C21H25N3O. The van der Waals surface area contributed by atoms with E-state index in [1.807, 2.05) is 29.3 Å². The zero-order valence-electron chi connectivity index (χ0n) is 14.8. The second kappa shape index (κ2) is 8.08. The number of aliphatic imine (C=N–C) groups is 1. The fraction of sp³-hybridized carbons (Fsp3) is 0.333. The molecule has 0 bridgehead atoms. The predicted octanol–water partition coefficient (Wildman–Crippen LogP) is 2.76. The third kappa shape index (κ3) is 3.97. The number of hydrogen-bond acceptors (Lipinski definition) is 3. The van der Waals surface area contributed by atoms with E-state index in [0.29, 0.717) is 6.42 Å². The minimum Gasteiger partial charge on any atom is -0.340 e. The molecule has 2 aromatic carbocycles. The van der Waals surface area contributed by atoms with Crippen molar-refractivity contribution in [2.75, 3.05) is 39.8 Å². The number of carbonyl (C=O) groups is 1. The first kappa shape index (κ1) is 17.4. The van der Waals surface area contributed by atoms with Gasteiger partial charge in [-0.2, -0.15) is 0 Å². The van der Waals surface area contributed by atoms with Crippen molar-refractivity contribution in [1.82, 2.24) is 9.80 Å². The first-order valence-corrected chi connectivity index (χ1v) is 8.76. The number of benzene rings is 2. The van der Waals surface area contributed by atoms with Gasteiger partial charge in [-0.05, 0) is 16.3 Å². The van der Waals surface area contributed by atoms with Crippen LogP contribution in [0.3, 0.4) is 0 Å². The maximum Gasteiger partial charge on any atom is 0.227 e. The summed E-state index contributed by atoms with van der Waals surface area (Å²) >= 11 is 0. The predicted molar refractivity (Wildman–Crippen MR) is 104 cm³/mol. The third-order valence-corrected chi connectivity index (χ3v) is 4.77. The van der Waals surface area contributed by atoms with Gasteiger partial charge in [-0.1, -0.05) is 42.5 Å². The molecule has 0 atom stereocenters. The molecule has 0 aromatic heterocycles. The molecule has 1 saturated heterocycles. The highest BCUT2D eigenvalue weighted by atomic mass is 16.2. The molecule has 0 spiro atoms. The summed E-state index contributed by atoms with van der Waals surface area (Å²) in [7, 11) is 1.78. The molecular weight excluding hydrogens is 310 g/mol. The summed E-state index contributed by atoms with van der Waals surface area (Å²) in [4.78, 5) is 21.2. The van der Waals surface area contributed by atoms with E-state index < -0.39 is 0 Å². The van der Waals surface area contributed by atoms with Gasteiger partial charge >= 0.3 is 0 Å². The summed E-state index contributed by atoms with van der Waals surface area (Å²) in [5.74, 6) is 0.209. The molecule has 130 valence electrons. The molecule has 0 unspecified atom stereocenters. The molecule has 1 aliphatic heterocycles. The van der Waals surface area contributed by atoms with Gasteiger partial charge in [-0.25, -0.2) is 0 Å². The van der Waals surface area contributed by atoms with Gasteiger partial charge in [0, 0.05) is 51.5 Å². The van der Waals surface area contributed by atoms with Gasteiger partial charge in [0.1, 0.15) is 0 Å². The largest absolute Gasteiger partial charge is 0.340 e. The van der Waals surface area contributed by atoms with Crippen LogP contribution in [0, 0.1) is 0 Å². The molecule has 0 radical (unpaired) electrons. The number of rotatable bonds is 5. The first-order chi connectivity index (χ1) is 12.2. The van der Waals surface area contributed by atoms with Crippen LogP contribution in [0.15, 0.2) is 54.0 Å². The van der Waals surface area contributed by atoms with Crippen LogP contribution in [0.4, 0.5) is 0 Å². The molecule has 3 rings (SSSR count). The SMILES string of the molecule is C=CCN1CCN(C(=O)Cc2ccc(/C=N/C)c3ccccc23)CC1. The van der Waals surface area contributed by atoms with E-state index >= 15 is 0 Å². The Morgan fingerprint density at radius 3 is 2.52 bits per heavy atom. The van der Waals surface area contributed by atoms with Crippen LogP contribution in [0.25, 0.3) is 10.8 Å². The standard InChI is InChI=1S/C21H25N3O/c1-3-10-23-11-13-24(14-12-23)21(25)15-17-8-9-18(16-22-2)20-7-5-4-6-19(17)20/h3-9,16H,1,10-15H2,2H3/b22-16+. The monoisotopic (exact) mass is 335 g/mol. The van der Waals surface area contributed by atoms with Gasteiger partial charge < -0.3 is 4.90 Å². The Balaban J connectivity index is 1.76. The Bertz CT molecular complexity index is 789. The minimum atomic E-state index is 0.209. The van der Waals surface area contributed by atoms with Crippen LogP contribution in [0.5, 0.6) is 0 Å². The van der Waals surface area contributed by atoms with Crippen molar-refractivity contribution < 1.29 is 4.79 Å². The average Bonchev–Trinajstić information content (AvgIpc) is 2.65. The Morgan fingerprint density at radius 2 is 1.84 bits per heavy atom. The number of nitrogens with zero attached hydrogens (tertiary/aromatic N) is 3. The number of carbonyl (C=O) groups excluding carboxylic acids is 1. The highest BCUT2D eigenvalue weighted by Crippen LogP contribution is 2.23. The van der Waals surface area contributed by atoms with E-state index in [0.717, 1.165) is 54.6 Å². The Kier molecular flexibility index (Phi) is 5.61. The number of hydrogen-bond donors (Lipinski definition) is 0. The van der Waals surface area contributed by atoms with Gasteiger partial charge in [-0.3, -0.25) is 14.7 Å². The lowest BCUT2D eigenvalue weighted by Crippen LogP contribution is -2.49. The summed E-state index contributed by atoms with van der Waals surface area (Å²) in [6.45, 7) is 8.11. The lowest BCUT2D eigenvalue weighted by Gasteiger charge is -2.34. The molecule has 0 N–H and O–H groups in total. The van der Waals surface area contributed by atoms with Gasteiger partial charge in [0.2, 0.25) is 5.91 Å². The van der Waals surface area contributed by atoms with Gasteiger partial charge in [0.15, 0.2) is 0 Å². The van der Waals surface area contributed by atoms with Crippen molar-refractivity contribution in [1.29, 1.82) is 0 Å². The zero-order valence-corrected chi connectivity index (χ0v) is 14.8. The maximum atomic E-state index is 12.7. The molecule has 25 heavy (non-hydrogen) atoms. The average molecular weight is 335 g/mol. The lowest BCUT2D eigenvalue weighted by atomic mass is 9.97. The molecule has 4 heteroatoms. The van der Waals surface area contributed by atoms with E-state index in [1.54, 1.807) is 7.05 Å². The minimum absolute atomic E-state index is 0.209. The van der Waals surface area contributed by atoms with Crippen LogP contribution < -0.4 is 0 Å². The summed E-state index contributed by atoms with van der Waals surface area (Å²) in [6.07, 6.45) is 4.24. The Hall–Kier alpha value is -2.46. The second-order valence-electron chi connectivity index (χ2n) is 6.39. The summed E-state index contributed by atoms with van der Waals surface area (Å²) in [6, 6.07) is 12.4. The van der Waals surface area contributed by atoms with Crippen LogP contribution >= 0.6 is 0 Å². The quantitative estimate of drug-likeness (QED) is 0.622. The van der Waals surface area contributed by atoms with Crippen molar-refractivity contribution in [2.24, 2.45) is 4.99 Å². The summed E-state index contributed by atoms with van der Waals surface area (Å²) in [5.41, 5.74) is 2.18. The Morgan fingerprint density at radius 1 is 1.12 bits per heavy atom. The smallest absolute Gasteiger partial charge is 0.227 e. The highest BCUT2D eigenvalue weighted by Gasteiger charge is 2.21. The maximum absolute atomic E-state index is 12.7.